The zero-order chi connectivity index (χ0) is 13.4. The van der Waals surface area contributed by atoms with Crippen molar-refractivity contribution in [2.75, 3.05) is 31.1 Å². The SMILES string of the molecule is c1ccc2cc3c(N4CCNCC4)cccc3cc2c1. The van der Waals surface area contributed by atoms with Gasteiger partial charge in [0.1, 0.15) is 0 Å². The number of nitrogens with one attached hydrogen (secondary N) is 1. The van der Waals surface area contributed by atoms with Crippen molar-refractivity contribution in [3.8, 4) is 0 Å². The van der Waals surface area contributed by atoms with Crippen LogP contribution in [0.15, 0.2) is 54.6 Å². The molecular formula is C18H18N2. The van der Waals surface area contributed by atoms with Crippen LogP contribution in [0.2, 0.25) is 0 Å². The van der Waals surface area contributed by atoms with Gasteiger partial charge in [-0.3, -0.25) is 0 Å². The maximum Gasteiger partial charge on any atom is 0.0447 e. The minimum atomic E-state index is 1.07. The highest BCUT2D eigenvalue weighted by Crippen LogP contribution is 2.30. The van der Waals surface area contributed by atoms with Gasteiger partial charge in [0.2, 0.25) is 0 Å². The molecule has 0 radical (unpaired) electrons. The largest absolute Gasteiger partial charge is 0.368 e. The first kappa shape index (κ1) is 11.7. The Morgan fingerprint density at radius 1 is 0.750 bits per heavy atom. The van der Waals surface area contributed by atoms with Crippen LogP contribution in [-0.4, -0.2) is 26.2 Å². The van der Waals surface area contributed by atoms with Gasteiger partial charge in [-0.25, -0.2) is 0 Å². The minimum Gasteiger partial charge on any atom is -0.368 e. The van der Waals surface area contributed by atoms with Crippen LogP contribution in [0.5, 0.6) is 0 Å². The Morgan fingerprint density at radius 2 is 1.45 bits per heavy atom. The Kier molecular flexibility index (Phi) is 2.82. The Morgan fingerprint density at radius 3 is 2.25 bits per heavy atom. The summed E-state index contributed by atoms with van der Waals surface area (Å²) in [6.45, 7) is 4.33. The zero-order valence-electron chi connectivity index (χ0n) is 11.5. The van der Waals surface area contributed by atoms with Crippen molar-refractivity contribution in [1.29, 1.82) is 0 Å². The van der Waals surface area contributed by atoms with Gasteiger partial charge in [-0.05, 0) is 34.4 Å². The molecule has 100 valence electrons. The lowest BCUT2D eigenvalue weighted by Gasteiger charge is -2.30. The van der Waals surface area contributed by atoms with Crippen molar-refractivity contribution in [2.45, 2.75) is 0 Å². The lowest BCUT2D eigenvalue weighted by Crippen LogP contribution is -2.43. The van der Waals surface area contributed by atoms with Crippen molar-refractivity contribution in [1.82, 2.24) is 5.32 Å². The van der Waals surface area contributed by atoms with E-state index in [9.17, 15) is 0 Å². The number of nitrogens with zero attached hydrogens (tertiary/aromatic N) is 1. The molecule has 0 bridgehead atoms. The molecule has 1 N–H and O–H groups in total. The second kappa shape index (κ2) is 4.80. The summed E-state index contributed by atoms with van der Waals surface area (Å²) in [6, 6.07) is 19.9. The average Bonchev–Trinajstić information content (AvgIpc) is 2.53. The molecule has 1 saturated heterocycles. The van der Waals surface area contributed by atoms with Crippen LogP contribution in [0, 0.1) is 0 Å². The average molecular weight is 262 g/mol. The summed E-state index contributed by atoms with van der Waals surface area (Å²) in [5, 5.41) is 8.76. The molecule has 2 heteroatoms. The maximum absolute atomic E-state index is 3.42. The number of benzene rings is 3. The lowest BCUT2D eigenvalue weighted by molar-refractivity contribution is 0.590. The summed E-state index contributed by atoms with van der Waals surface area (Å²) in [7, 11) is 0. The van der Waals surface area contributed by atoms with E-state index in [4.69, 9.17) is 0 Å². The predicted molar refractivity (Wildman–Crippen MR) is 86.5 cm³/mol. The minimum absolute atomic E-state index is 1.07. The number of hydrogen-bond donors (Lipinski definition) is 1. The molecule has 1 aliphatic heterocycles. The standard InChI is InChI=1S/C18H18N2/c1-2-5-15-13-17-16(12-14(15)4-1)6-3-7-18(17)20-10-8-19-9-11-20/h1-7,12-13,19H,8-11H2. The lowest BCUT2D eigenvalue weighted by atomic mass is 10.0. The fraction of sp³-hybridized carbons (Fsp3) is 0.222. The highest BCUT2D eigenvalue weighted by atomic mass is 15.2. The molecule has 1 fully saturated rings. The van der Waals surface area contributed by atoms with Crippen LogP contribution in [0.25, 0.3) is 21.5 Å². The molecule has 0 spiro atoms. The third kappa shape index (κ3) is 1.93. The smallest absolute Gasteiger partial charge is 0.0447 e. The zero-order valence-corrected chi connectivity index (χ0v) is 11.5. The van der Waals surface area contributed by atoms with E-state index in [1.807, 2.05) is 0 Å². The number of anilines is 1. The van der Waals surface area contributed by atoms with E-state index in [1.165, 1.54) is 27.2 Å². The summed E-state index contributed by atoms with van der Waals surface area (Å²) in [4.78, 5) is 2.49. The molecule has 0 aromatic heterocycles. The Labute approximate surface area is 119 Å². The molecule has 3 aromatic carbocycles. The second-order valence-electron chi connectivity index (χ2n) is 5.43. The van der Waals surface area contributed by atoms with Gasteiger partial charge in [-0.2, -0.15) is 0 Å². The molecule has 1 aliphatic rings. The normalized spacial score (nSPS) is 15.9. The molecule has 1 heterocycles. The van der Waals surface area contributed by atoms with Crippen LogP contribution >= 0.6 is 0 Å². The monoisotopic (exact) mass is 262 g/mol. The van der Waals surface area contributed by atoms with Crippen LogP contribution in [-0.2, 0) is 0 Å². The number of piperazine rings is 1. The van der Waals surface area contributed by atoms with Gasteiger partial charge in [0.15, 0.2) is 0 Å². The van der Waals surface area contributed by atoms with Crippen LogP contribution < -0.4 is 10.2 Å². The molecule has 0 amide bonds. The fourth-order valence-corrected chi connectivity index (χ4v) is 3.13. The molecule has 0 aliphatic carbocycles. The molecule has 4 rings (SSSR count). The Bertz CT molecular complexity index is 758. The first-order valence-corrected chi connectivity index (χ1v) is 7.29. The maximum atomic E-state index is 3.42. The van der Waals surface area contributed by atoms with E-state index in [-0.39, 0.29) is 0 Å². The molecule has 2 nitrogen and oxygen atoms in total. The van der Waals surface area contributed by atoms with Crippen molar-refractivity contribution in [3.63, 3.8) is 0 Å². The van der Waals surface area contributed by atoms with Gasteiger partial charge in [-0.1, -0.05) is 36.4 Å². The summed E-state index contributed by atoms with van der Waals surface area (Å²) in [5.74, 6) is 0. The van der Waals surface area contributed by atoms with Gasteiger partial charge in [-0.15, -0.1) is 0 Å². The quantitative estimate of drug-likeness (QED) is 0.676. The molecule has 0 atom stereocenters. The van der Waals surface area contributed by atoms with Gasteiger partial charge < -0.3 is 10.2 Å². The van der Waals surface area contributed by atoms with Gasteiger partial charge >= 0.3 is 0 Å². The highest BCUT2D eigenvalue weighted by Gasteiger charge is 2.13. The predicted octanol–water partition coefficient (Wildman–Crippen LogP) is 3.40. The third-order valence-electron chi connectivity index (χ3n) is 4.18. The van der Waals surface area contributed by atoms with Crippen molar-refractivity contribution >= 4 is 27.2 Å². The van der Waals surface area contributed by atoms with Gasteiger partial charge in [0.05, 0.1) is 0 Å². The van der Waals surface area contributed by atoms with Crippen LogP contribution in [0.4, 0.5) is 5.69 Å². The summed E-state index contributed by atoms with van der Waals surface area (Å²) >= 11 is 0. The van der Waals surface area contributed by atoms with E-state index in [0.29, 0.717) is 0 Å². The van der Waals surface area contributed by atoms with Crippen molar-refractivity contribution in [3.05, 3.63) is 54.6 Å². The van der Waals surface area contributed by atoms with Crippen LogP contribution in [0.1, 0.15) is 0 Å². The molecule has 20 heavy (non-hydrogen) atoms. The van der Waals surface area contributed by atoms with E-state index in [2.05, 4.69) is 64.8 Å². The van der Waals surface area contributed by atoms with E-state index in [1.54, 1.807) is 0 Å². The molecule has 0 saturated carbocycles. The number of fused-ring (bicyclic) bond motifs is 2. The summed E-state index contributed by atoms with van der Waals surface area (Å²) in [6.07, 6.45) is 0. The second-order valence-corrected chi connectivity index (χ2v) is 5.43. The van der Waals surface area contributed by atoms with Crippen LogP contribution in [0.3, 0.4) is 0 Å². The summed E-state index contributed by atoms with van der Waals surface area (Å²) < 4.78 is 0. The number of hydrogen-bond acceptors (Lipinski definition) is 2. The van der Waals surface area contributed by atoms with Gasteiger partial charge in [0, 0.05) is 37.3 Å². The Balaban J connectivity index is 1.94. The van der Waals surface area contributed by atoms with E-state index in [0.717, 1.165) is 26.2 Å². The molecular weight excluding hydrogens is 244 g/mol. The third-order valence-corrected chi connectivity index (χ3v) is 4.18. The number of rotatable bonds is 1. The van der Waals surface area contributed by atoms with E-state index >= 15 is 0 Å². The van der Waals surface area contributed by atoms with E-state index < -0.39 is 0 Å². The summed E-state index contributed by atoms with van der Waals surface area (Å²) in [5.41, 5.74) is 1.37. The highest BCUT2D eigenvalue weighted by molar-refractivity contribution is 6.03. The molecule has 3 aromatic rings. The van der Waals surface area contributed by atoms with Crippen molar-refractivity contribution < 1.29 is 0 Å². The van der Waals surface area contributed by atoms with Crippen molar-refractivity contribution in [2.24, 2.45) is 0 Å². The topological polar surface area (TPSA) is 15.3 Å². The first-order chi connectivity index (χ1) is 9.92. The Hall–Kier alpha value is -2.06. The molecule has 0 unspecified atom stereocenters. The first-order valence-electron chi connectivity index (χ1n) is 7.29. The fourth-order valence-electron chi connectivity index (χ4n) is 3.13. The van der Waals surface area contributed by atoms with Gasteiger partial charge in [0.25, 0.3) is 0 Å².